The minimum absolute atomic E-state index is 0.128. The molecule has 2 aromatic carbocycles. The van der Waals surface area contributed by atoms with Gasteiger partial charge in [-0.05, 0) is 37.4 Å². The van der Waals surface area contributed by atoms with E-state index in [0.717, 1.165) is 0 Å². The number of alkyl halides is 3. The molecule has 14 heteroatoms. The van der Waals surface area contributed by atoms with Crippen LogP contribution in [0.25, 0.3) is 0 Å². The first kappa shape index (κ1) is 25.5. The Morgan fingerprint density at radius 3 is 2.15 bits per heavy atom. The first-order valence-corrected chi connectivity index (χ1v) is 10.3. The van der Waals surface area contributed by atoms with Gasteiger partial charge in [0, 0.05) is 11.8 Å². The van der Waals surface area contributed by atoms with Crippen molar-refractivity contribution in [1.82, 2.24) is 14.7 Å². The van der Waals surface area contributed by atoms with E-state index in [1.807, 2.05) is 0 Å². The summed E-state index contributed by atoms with van der Waals surface area (Å²) in [5, 5.41) is 13.0. The van der Waals surface area contributed by atoms with Gasteiger partial charge in [0.15, 0.2) is 0 Å². The summed E-state index contributed by atoms with van der Waals surface area (Å²) in [6.07, 6.45) is -3.76. The fourth-order valence-electron chi connectivity index (χ4n) is 2.20. The van der Waals surface area contributed by atoms with Crippen LogP contribution in [0.2, 0.25) is 0 Å². The molecule has 0 amide bonds. The van der Waals surface area contributed by atoms with Crippen molar-refractivity contribution in [2.24, 2.45) is 0 Å². The van der Waals surface area contributed by atoms with Gasteiger partial charge >= 0.3 is 12.1 Å². The number of carboxylic acids is 1. The highest BCUT2D eigenvalue weighted by Crippen LogP contribution is 2.22. The molecule has 9 nitrogen and oxygen atoms in total. The van der Waals surface area contributed by atoms with Gasteiger partial charge in [0.25, 0.3) is 0 Å². The van der Waals surface area contributed by atoms with Crippen molar-refractivity contribution in [2.75, 3.05) is 17.7 Å². The van der Waals surface area contributed by atoms with Crippen molar-refractivity contribution >= 4 is 39.0 Å². The van der Waals surface area contributed by atoms with Crippen molar-refractivity contribution in [3.8, 4) is 0 Å². The smallest absolute Gasteiger partial charge is 0.475 e. The van der Waals surface area contributed by atoms with Gasteiger partial charge in [-0.25, -0.2) is 32.3 Å². The molecule has 1 heterocycles. The van der Waals surface area contributed by atoms with E-state index in [-0.39, 0.29) is 4.90 Å². The highest BCUT2D eigenvalue weighted by atomic mass is 32.2. The number of hydrogen-bond acceptors (Lipinski definition) is 7. The van der Waals surface area contributed by atoms with Gasteiger partial charge in [0.05, 0.1) is 10.6 Å². The van der Waals surface area contributed by atoms with Gasteiger partial charge in [-0.15, -0.1) is 0 Å². The number of carboxylic acid groups (broad SMARTS) is 1. The lowest BCUT2D eigenvalue weighted by Crippen LogP contribution is -2.21. The molecule has 0 aliphatic rings. The maximum atomic E-state index is 13.7. The van der Waals surface area contributed by atoms with Crippen molar-refractivity contribution in [1.29, 1.82) is 0 Å². The molecule has 33 heavy (non-hydrogen) atoms. The van der Waals surface area contributed by atoms with Gasteiger partial charge in [0.1, 0.15) is 23.8 Å². The van der Waals surface area contributed by atoms with Crippen LogP contribution < -0.4 is 15.4 Å². The molecule has 0 atom stereocenters. The zero-order valence-corrected chi connectivity index (χ0v) is 17.6. The largest absolute Gasteiger partial charge is 0.490 e. The van der Waals surface area contributed by atoms with Crippen LogP contribution in [0.5, 0.6) is 0 Å². The number of sulfonamides is 1. The Kier molecular flexibility index (Phi) is 8.26. The molecule has 0 unspecified atom stereocenters. The maximum Gasteiger partial charge on any atom is 0.490 e. The van der Waals surface area contributed by atoms with E-state index in [9.17, 15) is 26.0 Å². The molecule has 0 aliphatic carbocycles. The SMILES string of the molecule is CNS(=O)(=O)c1cccc(Nc2cc(Nc3ccccc3F)ncn2)c1.O=C(O)C(F)(F)F. The average Bonchev–Trinajstić information content (AvgIpc) is 2.76. The molecule has 176 valence electrons. The van der Waals surface area contributed by atoms with E-state index < -0.39 is 28.0 Å². The number of aromatic nitrogens is 2. The van der Waals surface area contributed by atoms with Crippen LogP contribution >= 0.6 is 0 Å². The molecule has 0 bridgehead atoms. The third kappa shape index (κ3) is 7.69. The van der Waals surface area contributed by atoms with Gasteiger partial charge in [-0.2, -0.15) is 13.2 Å². The normalized spacial score (nSPS) is 11.2. The average molecular weight is 487 g/mol. The number of nitrogens with zero attached hydrogens (tertiary/aromatic N) is 2. The van der Waals surface area contributed by atoms with E-state index in [1.54, 1.807) is 36.4 Å². The predicted molar refractivity (Wildman–Crippen MR) is 111 cm³/mol. The van der Waals surface area contributed by atoms with Crippen molar-refractivity contribution in [3.63, 3.8) is 0 Å². The molecule has 0 saturated carbocycles. The Labute approximate surface area is 185 Å². The lowest BCUT2D eigenvalue weighted by Gasteiger charge is -2.10. The van der Waals surface area contributed by atoms with E-state index in [1.165, 1.54) is 31.6 Å². The third-order valence-corrected chi connectivity index (χ3v) is 5.14. The molecule has 0 radical (unpaired) electrons. The molecule has 0 fully saturated rings. The van der Waals surface area contributed by atoms with Crippen LogP contribution in [0.15, 0.2) is 65.8 Å². The van der Waals surface area contributed by atoms with Crippen LogP contribution in [0.3, 0.4) is 0 Å². The second kappa shape index (κ2) is 10.7. The summed E-state index contributed by atoms with van der Waals surface area (Å²) in [4.78, 5) is 17.2. The Bertz CT molecular complexity index is 1220. The summed E-state index contributed by atoms with van der Waals surface area (Å²) in [7, 11) is -2.20. The number of rotatable bonds is 6. The molecule has 4 N–H and O–H groups in total. The van der Waals surface area contributed by atoms with E-state index in [0.29, 0.717) is 23.0 Å². The Morgan fingerprint density at radius 1 is 0.970 bits per heavy atom. The van der Waals surface area contributed by atoms with E-state index in [2.05, 4.69) is 25.3 Å². The monoisotopic (exact) mass is 487 g/mol. The lowest BCUT2D eigenvalue weighted by molar-refractivity contribution is -0.192. The summed E-state index contributed by atoms with van der Waals surface area (Å²) in [5.74, 6) is -2.33. The van der Waals surface area contributed by atoms with Gasteiger partial charge in [-0.1, -0.05) is 18.2 Å². The summed E-state index contributed by atoms with van der Waals surface area (Å²) in [6, 6.07) is 14.1. The fourth-order valence-corrected chi connectivity index (χ4v) is 2.98. The van der Waals surface area contributed by atoms with Crippen molar-refractivity contribution in [3.05, 3.63) is 66.7 Å². The molecule has 0 spiro atoms. The second-order valence-corrected chi connectivity index (χ2v) is 7.94. The minimum atomic E-state index is -5.08. The topological polar surface area (TPSA) is 133 Å². The number of anilines is 4. The third-order valence-electron chi connectivity index (χ3n) is 3.73. The van der Waals surface area contributed by atoms with Crippen LogP contribution in [-0.2, 0) is 14.8 Å². The number of nitrogens with one attached hydrogen (secondary N) is 3. The molecule has 3 rings (SSSR count). The van der Waals surface area contributed by atoms with Crippen LogP contribution in [-0.4, -0.2) is 42.7 Å². The highest BCUT2D eigenvalue weighted by Gasteiger charge is 2.38. The number of benzene rings is 2. The summed E-state index contributed by atoms with van der Waals surface area (Å²) >= 11 is 0. The van der Waals surface area contributed by atoms with Crippen molar-refractivity contribution < 1.29 is 35.9 Å². The Balaban J connectivity index is 0.000000479. The van der Waals surface area contributed by atoms with Gasteiger partial charge in [-0.3, -0.25) is 0 Å². The number of aliphatic carboxylic acids is 1. The van der Waals surface area contributed by atoms with E-state index >= 15 is 0 Å². The van der Waals surface area contributed by atoms with Crippen molar-refractivity contribution in [2.45, 2.75) is 11.1 Å². The molecule has 0 saturated heterocycles. The molecular formula is C19H17F4N5O4S. The summed E-state index contributed by atoms with van der Waals surface area (Å²) < 4.78 is 71.5. The van der Waals surface area contributed by atoms with Gasteiger partial charge < -0.3 is 15.7 Å². The quantitative estimate of drug-likeness (QED) is 0.388. The number of carbonyl (C=O) groups is 1. The summed E-state index contributed by atoms with van der Waals surface area (Å²) in [5.41, 5.74) is 0.830. The van der Waals surface area contributed by atoms with Crippen LogP contribution in [0, 0.1) is 5.82 Å². The lowest BCUT2D eigenvalue weighted by atomic mass is 10.3. The maximum absolute atomic E-state index is 13.7. The Morgan fingerprint density at radius 2 is 1.58 bits per heavy atom. The zero-order valence-electron chi connectivity index (χ0n) is 16.8. The van der Waals surface area contributed by atoms with Crippen LogP contribution in [0.1, 0.15) is 0 Å². The first-order valence-electron chi connectivity index (χ1n) is 8.86. The number of halogens is 4. The van der Waals surface area contributed by atoms with E-state index in [4.69, 9.17) is 9.90 Å². The number of hydrogen-bond donors (Lipinski definition) is 4. The molecule has 0 aliphatic heterocycles. The van der Waals surface area contributed by atoms with Gasteiger partial charge in [0.2, 0.25) is 10.0 Å². The minimum Gasteiger partial charge on any atom is -0.475 e. The first-order chi connectivity index (χ1) is 15.4. The standard InChI is InChI=1S/C17H16FN5O2S.C2HF3O2/c1-19-26(24,25)13-6-4-5-12(9-13)22-16-10-17(21-11-20-16)23-15-8-3-2-7-14(15)18;3-2(4,5)1(6)7/h2-11,19H,1H3,(H2,20,21,22,23);(H,6,7). The zero-order chi connectivity index (χ0) is 24.6. The Hall–Kier alpha value is -3.78. The van der Waals surface area contributed by atoms with Crippen LogP contribution in [0.4, 0.5) is 40.6 Å². The predicted octanol–water partition coefficient (Wildman–Crippen LogP) is 3.64. The molecule has 1 aromatic heterocycles. The molecular weight excluding hydrogens is 470 g/mol. The molecule has 3 aromatic rings. The highest BCUT2D eigenvalue weighted by molar-refractivity contribution is 7.89. The fraction of sp³-hybridized carbons (Fsp3) is 0.105. The second-order valence-electron chi connectivity index (χ2n) is 6.06. The number of para-hydroxylation sites is 1. The summed E-state index contributed by atoms with van der Waals surface area (Å²) in [6.45, 7) is 0.